The molecule has 2 saturated heterocycles. The minimum atomic E-state index is -0.321. The maximum Gasteiger partial charge on any atom is 0.255 e. The Morgan fingerprint density at radius 1 is 1.16 bits per heavy atom. The average molecular weight is 426 g/mol. The molecular formula is C23H27FN4O3. The molecule has 0 bridgehead atoms. The number of likely N-dealkylation sites (tertiary alicyclic amines) is 1. The number of piperidine rings is 1. The number of nitrogens with one attached hydrogen (secondary N) is 1. The van der Waals surface area contributed by atoms with Crippen LogP contribution in [0.4, 0.5) is 10.3 Å². The Bertz CT molecular complexity index is 1040. The Hall–Kier alpha value is -2.74. The van der Waals surface area contributed by atoms with Crippen molar-refractivity contribution in [2.75, 3.05) is 44.3 Å². The van der Waals surface area contributed by atoms with E-state index in [9.17, 15) is 14.0 Å². The lowest BCUT2D eigenvalue weighted by atomic mass is 9.76. The van der Waals surface area contributed by atoms with Crippen molar-refractivity contribution in [2.45, 2.75) is 37.5 Å². The highest BCUT2D eigenvalue weighted by atomic mass is 19.1. The van der Waals surface area contributed by atoms with Crippen molar-refractivity contribution in [1.29, 1.82) is 0 Å². The van der Waals surface area contributed by atoms with Crippen LogP contribution in [0.5, 0.6) is 0 Å². The molecule has 2 aliphatic heterocycles. The first-order valence-corrected chi connectivity index (χ1v) is 11.0. The Balaban J connectivity index is 1.31. The van der Waals surface area contributed by atoms with E-state index in [0.29, 0.717) is 37.8 Å². The number of amides is 1. The number of carbonyl (C=O) groups excluding carboxylic acids is 1. The summed E-state index contributed by atoms with van der Waals surface area (Å²) in [6, 6.07) is 6.22. The van der Waals surface area contributed by atoms with Gasteiger partial charge in [-0.2, -0.15) is 0 Å². The standard InChI is InChI=1S/C23H27FN4O3/c24-17-3-1-2-16(14-17)15-19(29)27-8-6-23(7-9-27)5-4-18-20(23)25-22(26-21(18)30)28-10-12-31-13-11-28/h1-3,14H,4-13,15H2,(H,25,26,30). The van der Waals surface area contributed by atoms with Gasteiger partial charge in [0, 0.05) is 37.2 Å². The van der Waals surface area contributed by atoms with E-state index < -0.39 is 0 Å². The molecule has 0 atom stereocenters. The maximum atomic E-state index is 13.4. The fourth-order valence-corrected chi connectivity index (χ4v) is 5.17. The van der Waals surface area contributed by atoms with Gasteiger partial charge in [0.05, 0.1) is 25.3 Å². The van der Waals surface area contributed by atoms with Crippen LogP contribution >= 0.6 is 0 Å². The molecule has 7 nitrogen and oxygen atoms in total. The molecule has 1 N–H and O–H groups in total. The van der Waals surface area contributed by atoms with E-state index in [4.69, 9.17) is 9.72 Å². The summed E-state index contributed by atoms with van der Waals surface area (Å²) in [4.78, 5) is 37.4. The molecule has 164 valence electrons. The lowest BCUT2D eigenvalue weighted by Crippen LogP contribution is -2.45. The van der Waals surface area contributed by atoms with Gasteiger partial charge in [-0.25, -0.2) is 9.37 Å². The quantitative estimate of drug-likeness (QED) is 0.810. The zero-order valence-electron chi connectivity index (χ0n) is 17.5. The zero-order valence-corrected chi connectivity index (χ0v) is 17.5. The lowest BCUT2D eigenvalue weighted by molar-refractivity contribution is -0.132. The van der Waals surface area contributed by atoms with Crippen LogP contribution in [0.15, 0.2) is 29.1 Å². The number of halogens is 1. The molecule has 1 aromatic heterocycles. The van der Waals surface area contributed by atoms with Crippen molar-refractivity contribution >= 4 is 11.9 Å². The molecule has 0 saturated carbocycles. The van der Waals surface area contributed by atoms with E-state index in [-0.39, 0.29) is 29.1 Å². The first-order valence-electron chi connectivity index (χ1n) is 11.0. The molecule has 1 spiro atoms. The summed E-state index contributed by atoms with van der Waals surface area (Å²) in [5, 5.41) is 0. The van der Waals surface area contributed by atoms with Gasteiger partial charge in [0.2, 0.25) is 11.9 Å². The minimum absolute atomic E-state index is 0.0199. The Morgan fingerprint density at radius 3 is 2.68 bits per heavy atom. The van der Waals surface area contributed by atoms with Gasteiger partial charge in [0.15, 0.2) is 0 Å². The molecule has 1 aliphatic carbocycles. The third-order valence-electron chi connectivity index (χ3n) is 6.99. The number of benzene rings is 1. The van der Waals surface area contributed by atoms with Crippen molar-refractivity contribution in [3.8, 4) is 0 Å². The normalized spacial score (nSPS) is 20.2. The van der Waals surface area contributed by atoms with E-state index in [2.05, 4.69) is 9.88 Å². The van der Waals surface area contributed by atoms with Crippen molar-refractivity contribution in [3.63, 3.8) is 0 Å². The molecule has 0 radical (unpaired) electrons. The number of aromatic amines is 1. The molecular weight excluding hydrogens is 399 g/mol. The topological polar surface area (TPSA) is 78.5 Å². The van der Waals surface area contributed by atoms with Crippen LogP contribution in [0.2, 0.25) is 0 Å². The van der Waals surface area contributed by atoms with Gasteiger partial charge in [0.25, 0.3) is 5.56 Å². The van der Waals surface area contributed by atoms with Gasteiger partial charge in [-0.15, -0.1) is 0 Å². The number of H-pyrrole nitrogens is 1. The van der Waals surface area contributed by atoms with Crippen molar-refractivity contribution in [3.05, 3.63) is 57.3 Å². The summed E-state index contributed by atoms with van der Waals surface area (Å²) in [7, 11) is 0. The molecule has 5 rings (SSSR count). The Kier molecular flexibility index (Phi) is 5.25. The fraction of sp³-hybridized carbons (Fsp3) is 0.522. The molecule has 8 heteroatoms. The molecule has 2 fully saturated rings. The highest BCUT2D eigenvalue weighted by molar-refractivity contribution is 5.79. The monoisotopic (exact) mass is 426 g/mol. The van der Waals surface area contributed by atoms with Gasteiger partial charge in [-0.3, -0.25) is 14.6 Å². The lowest BCUT2D eigenvalue weighted by Gasteiger charge is -2.39. The van der Waals surface area contributed by atoms with Crippen molar-refractivity contribution in [2.24, 2.45) is 0 Å². The van der Waals surface area contributed by atoms with Crippen LogP contribution < -0.4 is 10.5 Å². The largest absolute Gasteiger partial charge is 0.378 e. The van der Waals surface area contributed by atoms with E-state index in [0.717, 1.165) is 50.0 Å². The number of hydrogen-bond donors (Lipinski definition) is 1. The summed E-state index contributed by atoms with van der Waals surface area (Å²) in [6.07, 6.45) is 3.44. The number of aromatic nitrogens is 2. The molecule has 1 amide bonds. The van der Waals surface area contributed by atoms with Gasteiger partial charge in [-0.05, 0) is 43.4 Å². The van der Waals surface area contributed by atoms with E-state index >= 15 is 0 Å². The van der Waals surface area contributed by atoms with E-state index in [1.807, 2.05) is 4.90 Å². The summed E-state index contributed by atoms with van der Waals surface area (Å²) < 4.78 is 18.8. The van der Waals surface area contributed by atoms with Crippen LogP contribution in [-0.2, 0) is 27.8 Å². The van der Waals surface area contributed by atoms with Crippen molar-refractivity contribution < 1.29 is 13.9 Å². The predicted molar refractivity (Wildman–Crippen MR) is 114 cm³/mol. The van der Waals surface area contributed by atoms with Gasteiger partial charge in [0.1, 0.15) is 5.82 Å². The summed E-state index contributed by atoms with van der Waals surface area (Å²) in [5.41, 5.74) is 2.25. The molecule has 0 unspecified atom stereocenters. The summed E-state index contributed by atoms with van der Waals surface area (Å²) >= 11 is 0. The second-order valence-corrected chi connectivity index (χ2v) is 8.78. The van der Waals surface area contributed by atoms with Crippen LogP contribution in [0, 0.1) is 5.82 Å². The first kappa shape index (κ1) is 20.2. The number of nitrogens with zero attached hydrogens (tertiary/aromatic N) is 3. The number of anilines is 1. The molecule has 1 aromatic carbocycles. The Morgan fingerprint density at radius 2 is 1.94 bits per heavy atom. The van der Waals surface area contributed by atoms with E-state index in [1.165, 1.54) is 12.1 Å². The smallest absolute Gasteiger partial charge is 0.255 e. The number of ether oxygens (including phenoxy) is 1. The third-order valence-corrected chi connectivity index (χ3v) is 6.99. The molecule has 3 aliphatic rings. The van der Waals surface area contributed by atoms with Crippen LogP contribution in [0.1, 0.15) is 36.1 Å². The number of morpholine rings is 1. The third kappa shape index (κ3) is 3.84. The van der Waals surface area contributed by atoms with Crippen LogP contribution in [-0.4, -0.2) is 60.2 Å². The minimum Gasteiger partial charge on any atom is -0.378 e. The van der Waals surface area contributed by atoms with Crippen LogP contribution in [0.3, 0.4) is 0 Å². The fourth-order valence-electron chi connectivity index (χ4n) is 5.17. The van der Waals surface area contributed by atoms with Gasteiger partial charge in [-0.1, -0.05) is 12.1 Å². The molecule has 3 heterocycles. The molecule has 31 heavy (non-hydrogen) atoms. The van der Waals surface area contributed by atoms with Crippen molar-refractivity contribution in [1.82, 2.24) is 14.9 Å². The van der Waals surface area contributed by atoms with Gasteiger partial charge >= 0.3 is 0 Å². The zero-order chi connectivity index (χ0) is 21.4. The van der Waals surface area contributed by atoms with Crippen LogP contribution in [0.25, 0.3) is 0 Å². The number of rotatable bonds is 3. The predicted octanol–water partition coefficient (Wildman–Crippen LogP) is 1.79. The maximum absolute atomic E-state index is 13.4. The van der Waals surface area contributed by atoms with E-state index in [1.54, 1.807) is 12.1 Å². The average Bonchev–Trinajstić information content (AvgIpc) is 3.13. The number of fused-ring (bicyclic) bond motifs is 2. The highest BCUT2D eigenvalue weighted by Crippen LogP contribution is 2.44. The second kappa shape index (κ2) is 8.07. The summed E-state index contributed by atoms with van der Waals surface area (Å²) in [6.45, 7) is 3.97. The number of carbonyl (C=O) groups is 1. The molecule has 2 aromatic rings. The highest BCUT2D eigenvalue weighted by Gasteiger charge is 2.44. The summed E-state index contributed by atoms with van der Waals surface area (Å²) in [5.74, 6) is 0.335. The first-order chi connectivity index (χ1) is 15.0. The second-order valence-electron chi connectivity index (χ2n) is 8.78. The number of hydrogen-bond acceptors (Lipinski definition) is 5. The SMILES string of the molecule is O=C(Cc1cccc(F)c1)N1CCC2(CCc3c2nc(N2CCOCC2)[nH]c3=O)CC1. The van der Waals surface area contributed by atoms with Gasteiger partial charge < -0.3 is 14.5 Å². The Labute approximate surface area is 180 Å².